The Morgan fingerprint density at radius 2 is 1.84 bits per heavy atom. The number of carbonyl (C=O) groups excluding carboxylic acids is 1. The van der Waals surface area contributed by atoms with E-state index in [1.807, 2.05) is 24.0 Å². The van der Waals surface area contributed by atoms with Gasteiger partial charge >= 0.3 is 0 Å². The van der Waals surface area contributed by atoms with Crippen LogP contribution in [0.1, 0.15) is 23.7 Å². The Balaban J connectivity index is 1.69. The van der Waals surface area contributed by atoms with Gasteiger partial charge in [0.1, 0.15) is 5.82 Å². The molecule has 1 aromatic heterocycles. The summed E-state index contributed by atoms with van der Waals surface area (Å²) in [7, 11) is 0. The topological polar surface area (TPSA) is 61.4 Å². The van der Waals surface area contributed by atoms with Gasteiger partial charge in [-0.2, -0.15) is 4.98 Å². The van der Waals surface area contributed by atoms with Gasteiger partial charge in [0.25, 0.3) is 0 Å². The van der Waals surface area contributed by atoms with Gasteiger partial charge in [0.05, 0.1) is 0 Å². The van der Waals surface area contributed by atoms with Crippen molar-refractivity contribution in [3.05, 3.63) is 47.2 Å². The molecule has 0 unspecified atom stereocenters. The summed E-state index contributed by atoms with van der Waals surface area (Å²) >= 11 is 0. The van der Waals surface area contributed by atoms with E-state index in [-0.39, 0.29) is 5.91 Å². The van der Waals surface area contributed by atoms with Crippen LogP contribution < -0.4 is 10.2 Å². The molecule has 1 N–H and O–H groups in total. The normalized spacial score (nSPS) is 14.5. The van der Waals surface area contributed by atoms with Gasteiger partial charge < -0.3 is 15.1 Å². The second kappa shape index (κ2) is 7.51. The van der Waals surface area contributed by atoms with Crippen LogP contribution in [0.2, 0.25) is 0 Å². The Kier molecular flexibility index (Phi) is 5.16. The number of aryl methyl sites for hydroxylation is 2. The quantitative estimate of drug-likeness (QED) is 0.927. The molecule has 0 spiro atoms. The third-order valence-electron chi connectivity index (χ3n) is 4.57. The Morgan fingerprint density at radius 1 is 1.12 bits per heavy atom. The van der Waals surface area contributed by atoms with Crippen molar-refractivity contribution in [1.29, 1.82) is 0 Å². The maximum atomic E-state index is 11.5. The highest BCUT2D eigenvalue weighted by molar-refractivity contribution is 5.73. The van der Waals surface area contributed by atoms with Crippen molar-refractivity contribution in [2.24, 2.45) is 0 Å². The van der Waals surface area contributed by atoms with E-state index < -0.39 is 0 Å². The molecule has 0 bridgehead atoms. The van der Waals surface area contributed by atoms with Crippen LogP contribution in [0.25, 0.3) is 0 Å². The molecule has 1 fully saturated rings. The van der Waals surface area contributed by atoms with Crippen LogP contribution in [0, 0.1) is 13.8 Å². The molecule has 25 heavy (non-hydrogen) atoms. The van der Waals surface area contributed by atoms with Gasteiger partial charge in [0.15, 0.2) is 0 Å². The van der Waals surface area contributed by atoms with E-state index in [2.05, 4.69) is 45.3 Å². The first kappa shape index (κ1) is 17.2. The SMILES string of the molecule is CC(=O)N1CCN(c2nc(C)cc(NCc3ccccc3C)n2)CC1. The summed E-state index contributed by atoms with van der Waals surface area (Å²) in [4.78, 5) is 24.7. The van der Waals surface area contributed by atoms with E-state index in [4.69, 9.17) is 0 Å². The third kappa shape index (κ3) is 4.26. The van der Waals surface area contributed by atoms with E-state index in [1.54, 1.807) is 6.92 Å². The molecule has 1 aromatic carbocycles. The largest absolute Gasteiger partial charge is 0.366 e. The molecule has 6 heteroatoms. The molecule has 0 saturated carbocycles. The summed E-state index contributed by atoms with van der Waals surface area (Å²) in [6.45, 7) is 9.42. The number of benzene rings is 1. The Hall–Kier alpha value is -2.63. The van der Waals surface area contributed by atoms with Gasteiger partial charge in [-0.25, -0.2) is 4.98 Å². The summed E-state index contributed by atoms with van der Waals surface area (Å²) in [6.07, 6.45) is 0. The molecule has 1 saturated heterocycles. The van der Waals surface area contributed by atoms with E-state index in [0.29, 0.717) is 0 Å². The number of nitrogens with zero attached hydrogens (tertiary/aromatic N) is 4. The highest BCUT2D eigenvalue weighted by Gasteiger charge is 2.20. The molecule has 0 radical (unpaired) electrons. The van der Waals surface area contributed by atoms with Crippen LogP contribution in [0.4, 0.5) is 11.8 Å². The van der Waals surface area contributed by atoms with Crippen molar-refractivity contribution in [3.8, 4) is 0 Å². The Bertz CT molecular complexity index is 753. The fraction of sp³-hybridized carbons (Fsp3) is 0.421. The second-order valence-corrected chi connectivity index (χ2v) is 6.47. The maximum absolute atomic E-state index is 11.5. The zero-order chi connectivity index (χ0) is 17.8. The van der Waals surface area contributed by atoms with Crippen molar-refractivity contribution < 1.29 is 4.79 Å². The first-order valence-electron chi connectivity index (χ1n) is 8.67. The van der Waals surface area contributed by atoms with Gasteiger partial charge in [-0.3, -0.25) is 4.79 Å². The van der Waals surface area contributed by atoms with E-state index in [1.165, 1.54) is 11.1 Å². The van der Waals surface area contributed by atoms with E-state index in [9.17, 15) is 4.79 Å². The van der Waals surface area contributed by atoms with Crippen LogP contribution in [-0.4, -0.2) is 47.0 Å². The van der Waals surface area contributed by atoms with Crippen LogP contribution in [0.3, 0.4) is 0 Å². The minimum absolute atomic E-state index is 0.130. The fourth-order valence-corrected chi connectivity index (χ4v) is 3.00. The number of piperazine rings is 1. The Labute approximate surface area is 148 Å². The monoisotopic (exact) mass is 339 g/mol. The predicted octanol–water partition coefficient (Wildman–Crippen LogP) is 2.37. The highest BCUT2D eigenvalue weighted by atomic mass is 16.2. The fourth-order valence-electron chi connectivity index (χ4n) is 3.00. The molecule has 2 heterocycles. The maximum Gasteiger partial charge on any atom is 0.227 e. The van der Waals surface area contributed by atoms with Gasteiger partial charge in [0.2, 0.25) is 11.9 Å². The van der Waals surface area contributed by atoms with Crippen LogP contribution in [0.5, 0.6) is 0 Å². The zero-order valence-electron chi connectivity index (χ0n) is 15.1. The van der Waals surface area contributed by atoms with Crippen LogP contribution in [0.15, 0.2) is 30.3 Å². The number of anilines is 2. The van der Waals surface area contributed by atoms with E-state index >= 15 is 0 Å². The van der Waals surface area contributed by atoms with Gasteiger partial charge in [-0.15, -0.1) is 0 Å². The molecule has 0 atom stereocenters. The van der Waals surface area contributed by atoms with Gasteiger partial charge in [0, 0.05) is 51.4 Å². The predicted molar refractivity (Wildman–Crippen MR) is 99.7 cm³/mol. The van der Waals surface area contributed by atoms with Gasteiger partial charge in [-0.05, 0) is 25.0 Å². The standard InChI is InChI=1S/C19H25N5O/c1-14-6-4-5-7-17(14)13-20-18-12-15(2)21-19(22-18)24-10-8-23(9-11-24)16(3)25/h4-7,12H,8-11,13H2,1-3H3,(H,20,21,22). The molecule has 1 aliphatic heterocycles. The number of aromatic nitrogens is 2. The molecule has 1 amide bonds. The first-order chi connectivity index (χ1) is 12.0. The van der Waals surface area contributed by atoms with Crippen LogP contribution in [-0.2, 0) is 11.3 Å². The summed E-state index contributed by atoms with van der Waals surface area (Å²) < 4.78 is 0. The van der Waals surface area contributed by atoms with Crippen molar-refractivity contribution in [1.82, 2.24) is 14.9 Å². The summed E-state index contributed by atoms with van der Waals surface area (Å²) in [5.41, 5.74) is 3.46. The van der Waals surface area contributed by atoms with Gasteiger partial charge in [-0.1, -0.05) is 24.3 Å². The van der Waals surface area contributed by atoms with Crippen molar-refractivity contribution in [2.45, 2.75) is 27.3 Å². The summed E-state index contributed by atoms with van der Waals surface area (Å²) in [5.74, 6) is 1.70. The lowest BCUT2D eigenvalue weighted by Crippen LogP contribution is -2.48. The second-order valence-electron chi connectivity index (χ2n) is 6.47. The molecule has 3 rings (SSSR count). The Morgan fingerprint density at radius 3 is 2.52 bits per heavy atom. The molecule has 6 nitrogen and oxygen atoms in total. The molecule has 132 valence electrons. The zero-order valence-corrected chi connectivity index (χ0v) is 15.1. The van der Waals surface area contributed by atoms with Crippen LogP contribution >= 0.6 is 0 Å². The number of hydrogen-bond donors (Lipinski definition) is 1. The lowest BCUT2D eigenvalue weighted by Gasteiger charge is -2.34. The summed E-state index contributed by atoms with van der Waals surface area (Å²) in [6, 6.07) is 10.3. The molecule has 0 aliphatic carbocycles. The highest BCUT2D eigenvalue weighted by Crippen LogP contribution is 2.17. The van der Waals surface area contributed by atoms with Crippen molar-refractivity contribution >= 4 is 17.7 Å². The number of rotatable bonds is 4. The summed E-state index contributed by atoms with van der Waals surface area (Å²) in [5, 5.41) is 3.41. The number of carbonyl (C=O) groups is 1. The molecule has 1 aliphatic rings. The average molecular weight is 339 g/mol. The first-order valence-corrected chi connectivity index (χ1v) is 8.67. The minimum Gasteiger partial charge on any atom is -0.366 e. The third-order valence-corrected chi connectivity index (χ3v) is 4.57. The van der Waals surface area contributed by atoms with E-state index in [0.717, 1.165) is 50.2 Å². The molecular formula is C19H25N5O. The smallest absolute Gasteiger partial charge is 0.227 e. The number of nitrogens with one attached hydrogen (secondary N) is 1. The number of hydrogen-bond acceptors (Lipinski definition) is 5. The van der Waals surface area contributed by atoms with Crippen molar-refractivity contribution in [2.75, 3.05) is 36.4 Å². The molecule has 2 aromatic rings. The molecular weight excluding hydrogens is 314 g/mol. The number of amides is 1. The lowest BCUT2D eigenvalue weighted by molar-refractivity contribution is -0.129. The minimum atomic E-state index is 0.130. The van der Waals surface area contributed by atoms with Crippen molar-refractivity contribution in [3.63, 3.8) is 0 Å². The lowest BCUT2D eigenvalue weighted by atomic mass is 10.1. The average Bonchev–Trinajstić information content (AvgIpc) is 2.60.